The van der Waals surface area contributed by atoms with Crippen LogP contribution in [0.3, 0.4) is 0 Å². The largest absolute Gasteiger partial charge is 0.336 e. The minimum absolute atomic E-state index is 0.0877. The Labute approximate surface area is 182 Å². The van der Waals surface area contributed by atoms with Gasteiger partial charge in [-0.05, 0) is 56.8 Å². The maximum absolute atomic E-state index is 13.6. The van der Waals surface area contributed by atoms with Crippen LogP contribution in [0, 0.1) is 5.82 Å². The minimum Gasteiger partial charge on any atom is -0.336 e. The first kappa shape index (κ1) is 21.2. The molecule has 0 bridgehead atoms. The quantitative estimate of drug-likeness (QED) is 0.586. The smallest absolute Gasteiger partial charge is 0.233 e. The van der Waals surface area contributed by atoms with E-state index >= 15 is 0 Å². The Morgan fingerprint density at radius 2 is 1.81 bits per heavy atom. The van der Waals surface area contributed by atoms with Crippen molar-refractivity contribution in [2.75, 3.05) is 27.2 Å². The highest BCUT2D eigenvalue weighted by Gasteiger charge is 2.34. The first-order valence-corrected chi connectivity index (χ1v) is 10.7. The van der Waals surface area contributed by atoms with Crippen LogP contribution >= 0.6 is 0 Å². The number of carbonyl (C=O) groups is 1. The van der Waals surface area contributed by atoms with E-state index in [9.17, 15) is 9.18 Å². The third kappa shape index (κ3) is 4.82. The van der Waals surface area contributed by atoms with Crippen molar-refractivity contribution in [3.63, 3.8) is 0 Å². The van der Waals surface area contributed by atoms with Crippen LogP contribution in [0.5, 0.6) is 0 Å². The molecule has 3 aromatic rings. The minimum atomic E-state index is -0.318. The lowest BCUT2D eigenvalue weighted by molar-refractivity contribution is -0.134. The lowest BCUT2D eigenvalue weighted by Crippen LogP contribution is -2.40. The molecule has 0 saturated carbocycles. The van der Waals surface area contributed by atoms with Gasteiger partial charge in [0.2, 0.25) is 5.91 Å². The number of benzene rings is 2. The number of nitrogens with zero attached hydrogens (tertiary/aromatic N) is 5. The molecule has 0 fully saturated rings. The highest BCUT2D eigenvalue weighted by atomic mass is 19.1. The number of aromatic nitrogens is 3. The molecule has 7 heteroatoms. The van der Waals surface area contributed by atoms with E-state index < -0.39 is 0 Å². The monoisotopic (exact) mass is 421 g/mol. The molecule has 1 amide bonds. The van der Waals surface area contributed by atoms with Crippen molar-refractivity contribution < 1.29 is 9.18 Å². The number of rotatable bonds is 7. The topological polar surface area (TPSA) is 54.3 Å². The van der Waals surface area contributed by atoms with E-state index in [1.54, 1.807) is 12.1 Å². The molecule has 0 aliphatic carbocycles. The molecule has 1 atom stereocenters. The van der Waals surface area contributed by atoms with E-state index in [4.69, 9.17) is 0 Å². The summed E-state index contributed by atoms with van der Waals surface area (Å²) in [4.78, 5) is 17.7. The van der Waals surface area contributed by atoms with Gasteiger partial charge < -0.3 is 14.4 Å². The molecule has 1 aliphatic heterocycles. The van der Waals surface area contributed by atoms with Gasteiger partial charge in [0.15, 0.2) is 5.82 Å². The van der Waals surface area contributed by atoms with E-state index in [0.717, 1.165) is 37.1 Å². The lowest BCUT2D eigenvalue weighted by atomic mass is 9.96. The van der Waals surface area contributed by atoms with Gasteiger partial charge in [-0.3, -0.25) is 4.79 Å². The van der Waals surface area contributed by atoms with Crippen molar-refractivity contribution in [1.29, 1.82) is 0 Å². The van der Waals surface area contributed by atoms with E-state index in [2.05, 4.69) is 15.1 Å². The Kier molecular flexibility index (Phi) is 6.42. The SMILES string of the molecule is CN(C)CCN(Cc1ccccc1)C(=O)C1CCCn2c(-c3ccc(F)cc3)nnc21. The van der Waals surface area contributed by atoms with Gasteiger partial charge in [-0.15, -0.1) is 10.2 Å². The highest BCUT2D eigenvalue weighted by molar-refractivity contribution is 5.83. The predicted octanol–water partition coefficient (Wildman–Crippen LogP) is 3.55. The van der Waals surface area contributed by atoms with Crippen LogP contribution < -0.4 is 0 Å². The molecule has 1 aliphatic rings. The molecule has 2 heterocycles. The van der Waals surface area contributed by atoms with Crippen molar-refractivity contribution in [2.45, 2.75) is 31.8 Å². The molecule has 0 spiro atoms. The van der Waals surface area contributed by atoms with Crippen LogP contribution in [0.4, 0.5) is 4.39 Å². The number of likely N-dealkylation sites (N-methyl/N-ethyl adjacent to an activating group) is 1. The molecule has 6 nitrogen and oxygen atoms in total. The fourth-order valence-electron chi connectivity index (χ4n) is 4.03. The lowest BCUT2D eigenvalue weighted by Gasteiger charge is -2.30. The van der Waals surface area contributed by atoms with Crippen molar-refractivity contribution in [2.24, 2.45) is 0 Å². The summed E-state index contributed by atoms with van der Waals surface area (Å²) in [6.07, 6.45) is 1.64. The van der Waals surface area contributed by atoms with E-state index in [-0.39, 0.29) is 17.6 Å². The Morgan fingerprint density at radius 1 is 1.06 bits per heavy atom. The average Bonchev–Trinajstić information content (AvgIpc) is 3.21. The van der Waals surface area contributed by atoms with Crippen LogP contribution in [0.15, 0.2) is 54.6 Å². The highest BCUT2D eigenvalue weighted by Crippen LogP contribution is 2.32. The summed E-state index contributed by atoms with van der Waals surface area (Å²) in [6.45, 7) is 2.77. The fraction of sp³-hybridized carbons (Fsp3) is 0.375. The maximum Gasteiger partial charge on any atom is 0.233 e. The van der Waals surface area contributed by atoms with Crippen molar-refractivity contribution in [1.82, 2.24) is 24.6 Å². The second-order valence-corrected chi connectivity index (χ2v) is 8.28. The van der Waals surface area contributed by atoms with Crippen molar-refractivity contribution in [3.8, 4) is 11.4 Å². The summed E-state index contributed by atoms with van der Waals surface area (Å²) in [5, 5.41) is 8.76. The molecule has 4 rings (SSSR count). The van der Waals surface area contributed by atoms with Crippen LogP contribution in [-0.2, 0) is 17.9 Å². The number of hydrogen-bond donors (Lipinski definition) is 0. The van der Waals surface area contributed by atoms with E-state index in [0.29, 0.717) is 24.7 Å². The molecule has 1 unspecified atom stereocenters. The van der Waals surface area contributed by atoms with Gasteiger partial charge in [-0.25, -0.2) is 4.39 Å². The Morgan fingerprint density at radius 3 is 2.52 bits per heavy atom. The second-order valence-electron chi connectivity index (χ2n) is 8.28. The summed E-state index contributed by atoms with van der Waals surface area (Å²) in [7, 11) is 4.02. The first-order valence-electron chi connectivity index (χ1n) is 10.7. The van der Waals surface area contributed by atoms with Gasteiger partial charge in [0, 0.05) is 31.7 Å². The Hall–Kier alpha value is -3.06. The normalized spacial score (nSPS) is 15.7. The van der Waals surface area contributed by atoms with Crippen LogP contribution in [0.2, 0.25) is 0 Å². The summed E-state index contributed by atoms with van der Waals surface area (Å²) >= 11 is 0. The molecule has 0 radical (unpaired) electrons. The van der Waals surface area contributed by atoms with Crippen molar-refractivity contribution >= 4 is 5.91 Å². The van der Waals surface area contributed by atoms with Gasteiger partial charge >= 0.3 is 0 Å². The number of amides is 1. The van der Waals surface area contributed by atoms with Gasteiger partial charge in [0.05, 0.1) is 5.92 Å². The van der Waals surface area contributed by atoms with Gasteiger partial charge in [0.25, 0.3) is 0 Å². The summed E-state index contributed by atoms with van der Waals surface area (Å²) in [6, 6.07) is 16.3. The standard InChI is InChI=1S/C24H28FN5O/c1-28(2)15-16-29(17-18-7-4-3-5-8-18)24(31)21-9-6-14-30-22(26-27-23(21)30)19-10-12-20(25)13-11-19/h3-5,7-8,10-13,21H,6,9,14-17H2,1-2H3. The third-order valence-corrected chi connectivity index (χ3v) is 5.71. The Balaban J connectivity index is 1.60. The van der Waals surface area contributed by atoms with Gasteiger partial charge in [-0.2, -0.15) is 0 Å². The summed E-state index contributed by atoms with van der Waals surface area (Å²) < 4.78 is 15.4. The van der Waals surface area contributed by atoms with E-state index in [1.165, 1.54) is 12.1 Å². The van der Waals surface area contributed by atoms with Crippen LogP contribution in [0.1, 0.15) is 30.1 Å². The molecule has 0 saturated heterocycles. The van der Waals surface area contributed by atoms with Gasteiger partial charge in [-0.1, -0.05) is 30.3 Å². The average molecular weight is 422 g/mol. The zero-order valence-electron chi connectivity index (χ0n) is 18.0. The number of hydrogen-bond acceptors (Lipinski definition) is 4. The molecular weight excluding hydrogens is 393 g/mol. The summed E-state index contributed by atoms with van der Waals surface area (Å²) in [5.41, 5.74) is 1.92. The molecular formula is C24H28FN5O. The first-order chi connectivity index (χ1) is 15.0. The molecule has 162 valence electrons. The summed E-state index contributed by atoms with van der Waals surface area (Å²) in [5.74, 6) is 0.882. The number of fused-ring (bicyclic) bond motifs is 1. The Bertz CT molecular complexity index is 1020. The molecule has 2 aromatic carbocycles. The molecule has 1 aromatic heterocycles. The second kappa shape index (κ2) is 9.39. The third-order valence-electron chi connectivity index (χ3n) is 5.71. The fourth-order valence-corrected chi connectivity index (χ4v) is 4.03. The molecule has 31 heavy (non-hydrogen) atoms. The zero-order valence-corrected chi connectivity index (χ0v) is 18.0. The number of carbonyl (C=O) groups excluding carboxylic acids is 1. The zero-order chi connectivity index (χ0) is 21.8. The van der Waals surface area contributed by atoms with E-state index in [1.807, 2.05) is 53.9 Å². The van der Waals surface area contributed by atoms with Crippen molar-refractivity contribution in [3.05, 3.63) is 71.8 Å². The molecule has 0 N–H and O–H groups in total. The van der Waals surface area contributed by atoms with Gasteiger partial charge in [0.1, 0.15) is 11.6 Å². The number of halogens is 1. The van der Waals surface area contributed by atoms with Crippen LogP contribution in [-0.4, -0.2) is 57.7 Å². The van der Waals surface area contributed by atoms with Crippen LogP contribution in [0.25, 0.3) is 11.4 Å². The predicted molar refractivity (Wildman–Crippen MR) is 118 cm³/mol. The maximum atomic E-state index is 13.6.